The highest BCUT2D eigenvalue weighted by atomic mass is 79.9. The number of nitrogens with one attached hydrogen (secondary N) is 1. The van der Waals surface area contributed by atoms with Crippen LogP contribution in [-0.2, 0) is 30.8 Å². The van der Waals surface area contributed by atoms with Crippen LogP contribution in [0.1, 0.15) is 24.2 Å². The molecular formula is C15H17BrN4O2. The molecule has 116 valence electrons. The lowest BCUT2D eigenvalue weighted by Gasteiger charge is -2.09. The Kier molecular flexibility index (Phi) is 4.42. The predicted molar refractivity (Wildman–Crippen MR) is 85.4 cm³/mol. The maximum absolute atomic E-state index is 12.2. The van der Waals surface area contributed by atoms with Crippen LogP contribution in [0.15, 0.2) is 33.5 Å². The lowest BCUT2D eigenvalue weighted by Crippen LogP contribution is -2.33. The molecular weight excluding hydrogens is 348 g/mol. The highest BCUT2D eigenvalue weighted by molar-refractivity contribution is 9.10. The molecule has 0 unspecified atom stereocenters. The molecule has 0 radical (unpaired) electrons. The van der Waals surface area contributed by atoms with Crippen molar-refractivity contribution >= 4 is 21.8 Å². The summed E-state index contributed by atoms with van der Waals surface area (Å²) in [6, 6.07) is 7.70. The van der Waals surface area contributed by atoms with Gasteiger partial charge in [-0.1, -0.05) is 34.1 Å². The number of halogens is 1. The van der Waals surface area contributed by atoms with E-state index in [2.05, 4.69) is 26.3 Å². The summed E-state index contributed by atoms with van der Waals surface area (Å²) in [7, 11) is 0. The van der Waals surface area contributed by atoms with Gasteiger partial charge in [-0.25, -0.2) is 9.48 Å². The molecule has 1 N–H and O–H groups in total. The molecule has 0 aliphatic carbocycles. The SMILES string of the molecule is O=C(Cn1nc2n(c1=O)CCCC2)NCc1ccccc1Br. The first-order valence-electron chi connectivity index (χ1n) is 7.32. The molecule has 0 saturated heterocycles. The molecule has 0 atom stereocenters. The lowest BCUT2D eigenvalue weighted by atomic mass is 10.2. The molecule has 6 nitrogen and oxygen atoms in total. The van der Waals surface area contributed by atoms with Gasteiger partial charge in [0.2, 0.25) is 5.91 Å². The second-order valence-corrected chi connectivity index (χ2v) is 6.19. The Morgan fingerprint density at radius 2 is 2.14 bits per heavy atom. The summed E-state index contributed by atoms with van der Waals surface area (Å²) < 4.78 is 3.88. The molecule has 0 spiro atoms. The summed E-state index contributed by atoms with van der Waals surface area (Å²) in [5.74, 6) is 0.572. The summed E-state index contributed by atoms with van der Waals surface area (Å²) in [6.07, 6.45) is 2.85. The van der Waals surface area contributed by atoms with E-state index in [1.807, 2.05) is 24.3 Å². The van der Waals surface area contributed by atoms with Gasteiger partial charge in [0, 0.05) is 24.0 Å². The van der Waals surface area contributed by atoms with Crippen molar-refractivity contribution in [3.8, 4) is 0 Å². The van der Waals surface area contributed by atoms with Crippen molar-refractivity contribution in [1.29, 1.82) is 0 Å². The predicted octanol–water partition coefficient (Wildman–Crippen LogP) is 1.46. The summed E-state index contributed by atoms with van der Waals surface area (Å²) in [6.45, 7) is 1.08. The number of benzene rings is 1. The first-order chi connectivity index (χ1) is 10.6. The monoisotopic (exact) mass is 364 g/mol. The highest BCUT2D eigenvalue weighted by Gasteiger charge is 2.17. The quantitative estimate of drug-likeness (QED) is 0.892. The zero-order valence-corrected chi connectivity index (χ0v) is 13.7. The van der Waals surface area contributed by atoms with E-state index in [4.69, 9.17) is 0 Å². The van der Waals surface area contributed by atoms with Crippen LogP contribution in [0, 0.1) is 0 Å². The van der Waals surface area contributed by atoms with E-state index in [9.17, 15) is 9.59 Å². The van der Waals surface area contributed by atoms with Gasteiger partial charge in [-0.05, 0) is 24.5 Å². The van der Waals surface area contributed by atoms with Gasteiger partial charge in [0.15, 0.2) is 0 Å². The molecule has 0 saturated carbocycles. The average molecular weight is 365 g/mol. The number of amides is 1. The van der Waals surface area contributed by atoms with Crippen LogP contribution in [0.25, 0.3) is 0 Å². The van der Waals surface area contributed by atoms with Crippen LogP contribution in [0.5, 0.6) is 0 Å². The molecule has 2 heterocycles. The van der Waals surface area contributed by atoms with Crippen molar-refractivity contribution in [3.63, 3.8) is 0 Å². The van der Waals surface area contributed by atoms with Crippen LogP contribution in [0.4, 0.5) is 0 Å². The first kappa shape index (κ1) is 15.0. The fourth-order valence-electron chi connectivity index (χ4n) is 2.58. The van der Waals surface area contributed by atoms with E-state index in [0.717, 1.165) is 35.1 Å². The van der Waals surface area contributed by atoms with Gasteiger partial charge in [-0.3, -0.25) is 9.36 Å². The molecule has 22 heavy (non-hydrogen) atoms. The fourth-order valence-corrected chi connectivity index (χ4v) is 3.00. The molecule has 0 bridgehead atoms. The van der Waals surface area contributed by atoms with Gasteiger partial charge < -0.3 is 5.32 Å². The third-order valence-electron chi connectivity index (χ3n) is 3.76. The number of carbonyl (C=O) groups is 1. The summed E-state index contributed by atoms with van der Waals surface area (Å²) >= 11 is 3.44. The molecule has 1 aliphatic heterocycles. The van der Waals surface area contributed by atoms with Crippen molar-refractivity contribution in [2.75, 3.05) is 0 Å². The molecule has 1 aromatic carbocycles. The number of nitrogens with zero attached hydrogens (tertiary/aromatic N) is 3. The minimum absolute atomic E-state index is 0.0384. The Morgan fingerprint density at radius 1 is 1.32 bits per heavy atom. The standard InChI is InChI=1S/C15H17BrN4O2/c16-12-6-2-1-5-11(12)9-17-14(21)10-20-15(22)19-8-4-3-7-13(19)18-20/h1-2,5-6H,3-4,7-10H2,(H,17,21). The molecule has 3 rings (SSSR count). The number of aromatic nitrogens is 3. The van der Waals surface area contributed by atoms with Crippen molar-refractivity contribution < 1.29 is 4.79 Å². The van der Waals surface area contributed by atoms with E-state index in [0.29, 0.717) is 13.1 Å². The summed E-state index contributed by atoms with van der Waals surface area (Å²) in [4.78, 5) is 24.2. The average Bonchev–Trinajstić information content (AvgIpc) is 2.83. The second kappa shape index (κ2) is 6.48. The fraction of sp³-hybridized carbons (Fsp3) is 0.400. The van der Waals surface area contributed by atoms with Gasteiger partial charge in [0.05, 0.1) is 0 Å². The van der Waals surface area contributed by atoms with Gasteiger partial charge >= 0.3 is 5.69 Å². The topological polar surface area (TPSA) is 68.9 Å². The van der Waals surface area contributed by atoms with Crippen molar-refractivity contribution in [2.45, 2.75) is 38.9 Å². The normalized spacial score (nSPS) is 13.7. The smallest absolute Gasteiger partial charge is 0.346 e. The number of hydrogen-bond donors (Lipinski definition) is 1. The maximum Gasteiger partial charge on any atom is 0.346 e. The summed E-state index contributed by atoms with van der Waals surface area (Å²) in [5, 5.41) is 7.08. The van der Waals surface area contributed by atoms with Crippen molar-refractivity contribution in [1.82, 2.24) is 19.7 Å². The van der Waals surface area contributed by atoms with E-state index >= 15 is 0 Å². The second-order valence-electron chi connectivity index (χ2n) is 5.33. The minimum Gasteiger partial charge on any atom is -0.350 e. The molecule has 0 fully saturated rings. The molecule has 7 heteroatoms. The number of aryl methyl sites for hydroxylation is 1. The van der Waals surface area contributed by atoms with Crippen molar-refractivity contribution in [2.24, 2.45) is 0 Å². The minimum atomic E-state index is -0.215. The highest BCUT2D eigenvalue weighted by Crippen LogP contribution is 2.15. The van der Waals surface area contributed by atoms with Crippen LogP contribution >= 0.6 is 15.9 Å². The van der Waals surface area contributed by atoms with E-state index < -0.39 is 0 Å². The Bertz CT molecular complexity index is 750. The molecule has 1 aromatic heterocycles. The van der Waals surface area contributed by atoms with Crippen LogP contribution in [-0.4, -0.2) is 20.3 Å². The van der Waals surface area contributed by atoms with E-state index in [1.165, 1.54) is 4.68 Å². The number of hydrogen-bond acceptors (Lipinski definition) is 3. The Hall–Kier alpha value is -1.89. The Morgan fingerprint density at radius 3 is 2.91 bits per heavy atom. The number of carbonyl (C=O) groups excluding carboxylic acids is 1. The van der Waals surface area contributed by atoms with Gasteiger partial charge in [-0.15, -0.1) is 0 Å². The molecule has 1 aliphatic rings. The molecule has 1 amide bonds. The van der Waals surface area contributed by atoms with Crippen LogP contribution in [0.3, 0.4) is 0 Å². The number of fused-ring (bicyclic) bond motifs is 1. The third-order valence-corrected chi connectivity index (χ3v) is 4.53. The Balaban J connectivity index is 1.64. The third kappa shape index (κ3) is 3.14. The largest absolute Gasteiger partial charge is 0.350 e. The van der Waals surface area contributed by atoms with Crippen molar-refractivity contribution in [3.05, 3.63) is 50.6 Å². The van der Waals surface area contributed by atoms with Gasteiger partial charge in [-0.2, -0.15) is 5.10 Å². The van der Waals surface area contributed by atoms with Gasteiger partial charge in [0.25, 0.3) is 0 Å². The Labute approximate surface area is 136 Å². The molecule has 2 aromatic rings. The van der Waals surface area contributed by atoms with E-state index in [-0.39, 0.29) is 18.1 Å². The first-order valence-corrected chi connectivity index (χ1v) is 8.11. The number of rotatable bonds is 4. The van der Waals surface area contributed by atoms with Gasteiger partial charge in [0.1, 0.15) is 12.4 Å². The zero-order valence-electron chi connectivity index (χ0n) is 12.1. The van der Waals surface area contributed by atoms with Crippen LogP contribution < -0.4 is 11.0 Å². The van der Waals surface area contributed by atoms with E-state index in [1.54, 1.807) is 4.57 Å². The van der Waals surface area contributed by atoms with Crippen LogP contribution in [0.2, 0.25) is 0 Å². The summed E-state index contributed by atoms with van der Waals surface area (Å²) in [5.41, 5.74) is 0.804. The zero-order chi connectivity index (χ0) is 15.5. The lowest BCUT2D eigenvalue weighted by molar-refractivity contribution is -0.122. The maximum atomic E-state index is 12.2.